The average Bonchev–Trinajstić information content (AvgIpc) is 2.03. The molecule has 0 aromatic carbocycles. The summed E-state index contributed by atoms with van der Waals surface area (Å²) in [5.74, 6) is -0.1000. The van der Waals surface area contributed by atoms with Gasteiger partial charge in [-0.25, -0.2) is 0 Å². The fourth-order valence-corrected chi connectivity index (χ4v) is 0.858. The van der Waals surface area contributed by atoms with Gasteiger partial charge in [-0.1, -0.05) is 0 Å². The molecular weight excluding hydrogens is 162 g/mol. The van der Waals surface area contributed by atoms with E-state index in [9.17, 15) is 4.79 Å². The van der Waals surface area contributed by atoms with Crippen LogP contribution in [-0.4, -0.2) is 29.1 Å². The summed E-state index contributed by atoms with van der Waals surface area (Å²) in [5, 5.41) is 8.27. The predicted molar refractivity (Wildman–Crippen MR) is 49.9 cm³/mol. The zero-order valence-corrected chi connectivity index (χ0v) is 7.56. The minimum atomic E-state index is -0.913. The Morgan fingerprint density at radius 3 is 2.45 bits per heavy atom. The largest absolute Gasteiger partial charge is 0.480 e. The van der Waals surface area contributed by atoms with E-state index in [4.69, 9.17) is 10.8 Å². The molecule has 66 valence electrons. The molecule has 0 radical (unpaired) electrons. The summed E-state index contributed by atoms with van der Waals surface area (Å²) in [6.45, 7) is 6.00. The molecule has 0 bridgehead atoms. The van der Waals surface area contributed by atoms with E-state index in [2.05, 4.69) is 13.2 Å². The van der Waals surface area contributed by atoms with Crippen molar-refractivity contribution >= 4 is 17.7 Å². The van der Waals surface area contributed by atoms with Gasteiger partial charge < -0.3 is 10.8 Å². The summed E-state index contributed by atoms with van der Waals surface area (Å²) in [6.07, 6.45) is 2.48. The molecule has 0 rings (SSSR count). The molecule has 0 aliphatic rings. The summed E-state index contributed by atoms with van der Waals surface area (Å²) >= 11 is 1.60. The molecule has 0 heterocycles. The summed E-state index contributed by atoms with van der Waals surface area (Å²) in [6, 6.07) is -0.683. The second kappa shape index (κ2) is 9.52. The molecule has 0 fully saturated rings. The first-order chi connectivity index (χ1) is 5.18. The first-order valence-electron chi connectivity index (χ1n) is 3.15. The summed E-state index contributed by atoms with van der Waals surface area (Å²) < 4.78 is 0. The van der Waals surface area contributed by atoms with Gasteiger partial charge in [-0.05, 0) is 18.4 Å². The smallest absolute Gasteiger partial charge is 0.320 e. The van der Waals surface area contributed by atoms with Gasteiger partial charge in [-0.3, -0.25) is 4.79 Å². The molecule has 0 aromatic rings. The second-order valence-electron chi connectivity index (χ2n) is 1.73. The SMILES string of the molecule is C=C.CSCCC(N)C(=O)O. The lowest BCUT2D eigenvalue weighted by atomic mass is 10.2. The zero-order chi connectivity index (χ0) is 9.28. The average molecular weight is 177 g/mol. The van der Waals surface area contributed by atoms with Crippen molar-refractivity contribution in [2.45, 2.75) is 12.5 Å². The lowest BCUT2D eigenvalue weighted by Crippen LogP contribution is -2.30. The molecule has 11 heavy (non-hydrogen) atoms. The zero-order valence-electron chi connectivity index (χ0n) is 6.75. The first kappa shape index (κ1) is 13.1. The van der Waals surface area contributed by atoms with Crippen molar-refractivity contribution < 1.29 is 9.90 Å². The molecule has 1 unspecified atom stereocenters. The number of carbonyl (C=O) groups is 1. The lowest BCUT2D eigenvalue weighted by Gasteiger charge is -2.02. The maximum absolute atomic E-state index is 10.1. The monoisotopic (exact) mass is 177 g/mol. The summed E-state index contributed by atoms with van der Waals surface area (Å²) in [5.41, 5.74) is 5.19. The number of hydrogen-bond acceptors (Lipinski definition) is 3. The molecule has 0 aromatic heterocycles. The van der Waals surface area contributed by atoms with Crippen molar-refractivity contribution in [1.29, 1.82) is 0 Å². The number of thioether (sulfide) groups is 1. The summed E-state index contributed by atoms with van der Waals surface area (Å²) in [7, 11) is 0. The quantitative estimate of drug-likeness (QED) is 0.628. The highest BCUT2D eigenvalue weighted by Gasteiger charge is 2.08. The van der Waals surface area contributed by atoms with Crippen molar-refractivity contribution in [2.75, 3.05) is 12.0 Å². The Bertz CT molecular complexity index is 109. The van der Waals surface area contributed by atoms with Gasteiger partial charge in [0.25, 0.3) is 0 Å². The van der Waals surface area contributed by atoms with Crippen LogP contribution in [0.15, 0.2) is 13.2 Å². The third-order valence-electron chi connectivity index (χ3n) is 0.950. The van der Waals surface area contributed by atoms with E-state index < -0.39 is 12.0 Å². The van der Waals surface area contributed by atoms with Crippen LogP contribution in [-0.2, 0) is 4.79 Å². The first-order valence-corrected chi connectivity index (χ1v) is 4.55. The lowest BCUT2D eigenvalue weighted by molar-refractivity contribution is -0.138. The number of hydrogen-bond donors (Lipinski definition) is 2. The third kappa shape index (κ3) is 9.52. The maximum Gasteiger partial charge on any atom is 0.320 e. The van der Waals surface area contributed by atoms with Crippen LogP contribution in [0.3, 0.4) is 0 Å². The van der Waals surface area contributed by atoms with Gasteiger partial charge in [0.15, 0.2) is 0 Å². The Hall–Kier alpha value is -0.480. The van der Waals surface area contributed by atoms with Crippen molar-refractivity contribution in [2.24, 2.45) is 5.73 Å². The van der Waals surface area contributed by atoms with E-state index in [-0.39, 0.29) is 0 Å². The molecule has 0 saturated carbocycles. The fraction of sp³-hybridized carbons (Fsp3) is 0.571. The van der Waals surface area contributed by atoms with Gasteiger partial charge in [0.05, 0.1) is 0 Å². The molecule has 0 saturated heterocycles. The number of rotatable bonds is 4. The van der Waals surface area contributed by atoms with Crippen LogP contribution in [0, 0.1) is 0 Å². The van der Waals surface area contributed by atoms with Gasteiger partial charge in [-0.2, -0.15) is 11.8 Å². The van der Waals surface area contributed by atoms with Crippen LogP contribution < -0.4 is 5.73 Å². The van der Waals surface area contributed by atoms with Crippen LogP contribution >= 0.6 is 11.8 Å². The highest BCUT2D eigenvalue weighted by atomic mass is 32.2. The Morgan fingerprint density at radius 2 is 2.18 bits per heavy atom. The van der Waals surface area contributed by atoms with Crippen molar-refractivity contribution in [3.63, 3.8) is 0 Å². The Labute approximate surface area is 71.7 Å². The van der Waals surface area contributed by atoms with Gasteiger partial charge >= 0.3 is 5.97 Å². The highest BCUT2D eigenvalue weighted by Crippen LogP contribution is 1.97. The third-order valence-corrected chi connectivity index (χ3v) is 1.59. The molecule has 4 heteroatoms. The van der Waals surface area contributed by atoms with Gasteiger partial charge in [0, 0.05) is 0 Å². The molecule has 0 aliphatic carbocycles. The molecule has 3 nitrogen and oxygen atoms in total. The normalized spacial score (nSPS) is 11.1. The Morgan fingerprint density at radius 1 is 1.73 bits per heavy atom. The molecule has 0 aliphatic heterocycles. The van der Waals surface area contributed by atoms with Crippen LogP contribution in [0.1, 0.15) is 6.42 Å². The van der Waals surface area contributed by atoms with Gasteiger partial charge in [-0.15, -0.1) is 13.2 Å². The van der Waals surface area contributed by atoms with Crippen LogP contribution in [0.4, 0.5) is 0 Å². The van der Waals surface area contributed by atoms with Crippen LogP contribution in [0.2, 0.25) is 0 Å². The van der Waals surface area contributed by atoms with E-state index in [1.165, 1.54) is 0 Å². The van der Waals surface area contributed by atoms with Crippen molar-refractivity contribution in [3.05, 3.63) is 13.2 Å². The minimum Gasteiger partial charge on any atom is -0.480 e. The second-order valence-corrected chi connectivity index (χ2v) is 2.71. The van der Waals surface area contributed by atoms with E-state index in [1.54, 1.807) is 11.8 Å². The van der Waals surface area contributed by atoms with Crippen molar-refractivity contribution in [1.82, 2.24) is 0 Å². The maximum atomic E-state index is 10.1. The van der Waals surface area contributed by atoms with E-state index >= 15 is 0 Å². The number of aliphatic carboxylic acids is 1. The van der Waals surface area contributed by atoms with Crippen molar-refractivity contribution in [3.8, 4) is 0 Å². The number of nitrogens with two attached hydrogens (primary N) is 1. The Balaban J connectivity index is 0. The minimum absolute atomic E-state index is 0.552. The predicted octanol–water partition coefficient (Wildman–Crippen LogP) is 0.954. The van der Waals surface area contributed by atoms with Gasteiger partial charge in [0.1, 0.15) is 6.04 Å². The topological polar surface area (TPSA) is 63.3 Å². The standard InChI is InChI=1S/C5H11NO2S.C2H4/c1-9-3-2-4(6)5(7)8;1-2/h4H,2-3,6H2,1H3,(H,7,8);1-2H2. The number of carboxylic acid groups (broad SMARTS) is 1. The molecular formula is C7H15NO2S. The fourth-order valence-electron chi connectivity index (χ4n) is 0.368. The molecule has 1 atom stereocenters. The number of carboxylic acids is 1. The van der Waals surface area contributed by atoms with E-state index in [1.807, 2.05) is 6.26 Å². The summed E-state index contributed by atoms with van der Waals surface area (Å²) in [4.78, 5) is 10.1. The Kier molecular flexibility index (Phi) is 11.4. The van der Waals surface area contributed by atoms with E-state index in [0.29, 0.717) is 6.42 Å². The highest BCUT2D eigenvalue weighted by molar-refractivity contribution is 7.98. The molecule has 0 amide bonds. The van der Waals surface area contributed by atoms with Crippen LogP contribution in [0.25, 0.3) is 0 Å². The molecule has 0 spiro atoms. The molecule has 3 N–H and O–H groups in total. The van der Waals surface area contributed by atoms with E-state index in [0.717, 1.165) is 5.75 Å². The van der Waals surface area contributed by atoms with Gasteiger partial charge in [0.2, 0.25) is 0 Å². The van der Waals surface area contributed by atoms with Crippen LogP contribution in [0.5, 0.6) is 0 Å².